The summed E-state index contributed by atoms with van der Waals surface area (Å²) in [5.74, 6) is -0.878. The van der Waals surface area contributed by atoms with E-state index in [1.54, 1.807) is 0 Å². The molecule has 0 aromatic heterocycles. The molecule has 114 valence electrons. The minimum absolute atomic E-state index is 0.122. The van der Waals surface area contributed by atoms with Crippen LogP contribution in [0.3, 0.4) is 0 Å². The molecule has 1 aromatic carbocycles. The molecule has 21 heavy (non-hydrogen) atoms. The van der Waals surface area contributed by atoms with Gasteiger partial charge >= 0.3 is 5.97 Å². The molecule has 0 aliphatic carbocycles. The summed E-state index contributed by atoms with van der Waals surface area (Å²) < 4.78 is 17.6. The van der Waals surface area contributed by atoms with Crippen molar-refractivity contribution in [2.45, 2.75) is 25.3 Å². The Morgan fingerprint density at radius 2 is 2.05 bits per heavy atom. The van der Waals surface area contributed by atoms with E-state index in [4.69, 9.17) is 4.74 Å². The first-order valence-corrected chi connectivity index (χ1v) is 6.97. The molecule has 0 bridgehead atoms. The lowest BCUT2D eigenvalue weighted by atomic mass is 10.0. The average molecular weight is 294 g/mol. The van der Waals surface area contributed by atoms with E-state index in [0.717, 1.165) is 12.8 Å². The van der Waals surface area contributed by atoms with Crippen molar-refractivity contribution in [3.63, 3.8) is 0 Å². The Balaban J connectivity index is 1.93. The quantitative estimate of drug-likeness (QED) is 0.860. The number of hydrogen-bond acceptors (Lipinski definition) is 4. The van der Waals surface area contributed by atoms with Crippen molar-refractivity contribution >= 4 is 17.6 Å². The zero-order valence-electron chi connectivity index (χ0n) is 12.0. The fraction of sp³-hybridized carbons (Fsp3) is 0.467. The summed E-state index contributed by atoms with van der Waals surface area (Å²) in [6.07, 6.45) is 2.61. The molecule has 1 heterocycles. The molecule has 2 rings (SSSR count). The third-order valence-electron chi connectivity index (χ3n) is 3.56. The van der Waals surface area contributed by atoms with E-state index < -0.39 is 0 Å². The maximum absolute atomic E-state index is 12.8. The highest BCUT2D eigenvalue weighted by Gasteiger charge is 2.30. The van der Waals surface area contributed by atoms with Gasteiger partial charge in [-0.05, 0) is 43.7 Å². The number of carbonyl (C=O) groups excluding carboxylic acids is 2. The summed E-state index contributed by atoms with van der Waals surface area (Å²) in [5.41, 5.74) is 0.535. The number of rotatable bonds is 4. The fourth-order valence-corrected chi connectivity index (χ4v) is 2.50. The van der Waals surface area contributed by atoms with Gasteiger partial charge in [-0.1, -0.05) is 6.42 Å². The molecule has 5 nitrogen and oxygen atoms in total. The second-order valence-electron chi connectivity index (χ2n) is 5.06. The van der Waals surface area contributed by atoms with Gasteiger partial charge in [0, 0.05) is 5.69 Å². The molecule has 1 saturated heterocycles. The van der Waals surface area contributed by atoms with Crippen molar-refractivity contribution in [3.05, 3.63) is 30.1 Å². The van der Waals surface area contributed by atoms with E-state index in [9.17, 15) is 14.0 Å². The van der Waals surface area contributed by atoms with Gasteiger partial charge in [-0.3, -0.25) is 14.5 Å². The molecule has 1 aliphatic heterocycles. The summed E-state index contributed by atoms with van der Waals surface area (Å²) in [4.78, 5) is 25.6. The second kappa shape index (κ2) is 7.17. The molecule has 1 fully saturated rings. The summed E-state index contributed by atoms with van der Waals surface area (Å²) in [6.45, 7) is 0.813. The van der Waals surface area contributed by atoms with Gasteiger partial charge in [0.1, 0.15) is 11.9 Å². The number of methoxy groups -OCH3 is 1. The number of carbonyl (C=O) groups is 2. The van der Waals surface area contributed by atoms with Crippen LogP contribution < -0.4 is 5.32 Å². The van der Waals surface area contributed by atoms with Crippen molar-refractivity contribution in [2.75, 3.05) is 25.5 Å². The molecule has 6 heteroatoms. The number of esters is 1. The molecule has 0 spiro atoms. The first-order valence-electron chi connectivity index (χ1n) is 6.97. The van der Waals surface area contributed by atoms with Gasteiger partial charge in [0.2, 0.25) is 5.91 Å². The fourth-order valence-electron chi connectivity index (χ4n) is 2.50. The Bertz CT molecular complexity index is 504. The molecule has 0 unspecified atom stereocenters. The largest absolute Gasteiger partial charge is 0.468 e. The molecular formula is C15H19FN2O3. The predicted octanol–water partition coefficient (Wildman–Crippen LogP) is 1.79. The number of nitrogens with one attached hydrogen (secondary N) is 1. The van der Waals surface area contributed by atoms with Crippen LogP contribution in [0.1, 0.15) is 19.3 Å². The van der Waals surface area contributed by atoms with E-state index >= 15 is 0 Å². The predicted molar refractivity (Wildman–Crippen MR) is 76.3 cm³/mol. The van der Waals surface area contributed by atoms with E-state index in [0.29, 0.717) is 18.7 Å². The number of hydrogen-bond donors (Lipinski definition) is 1. The normalized spacial score (nSPS) is 19.0. The minimum Gasteiger partial charge on any atom is -0.468 e. The van der Waals surface area contributed by atoms with Gasteiger partial charge in [0.15, 0.2) is 0 Å². The summed E-state index contributed by atoms with van der Waals surface area (Å²) in [7, 11) is 1.35. The Labute approximate surface area is 123 Å². The summed E-state index contributed by atoms with van der Waals surface area (Å²) in [5, 5.41) is 2.69. The Kier molecular flexibility index (Phi) is 5.27. The number of ether oxygens (including phenoxy) is 1. The smallest absolute Gasteiger partial charge is 0.323 e. The van der Waals surface area contributed by atoms with Crippen LogP contribution in [0, 0.1) is 5.82 Å². The second-order valence-corrected chi connectivity index (χ2v) is 5.06. The minimum atomic E-state index is -0.359. The molecule has 0 saturated carbocycles. The zero-order chi connectivity index (χ0) is 15.2. The van der Waals surface area contributed by atoms with E-state index in [1.807, 2.05) is 4.90 Å². The van der Waals surface area contributed by atoms with Crippen LogP contribution in [0.2, 0.25) is 0 Å². The first-order chi connectivity index (χ1) is 10.1. The number of benzene rings is 1. The van der Waals surface area contributed by atoms with Crippen molar-refractivity contribution in [1.82, 2.24) is 4.90 Å². The van der Waals surface area contributed by atoms with Gasteiger partial charge < -0.3 is 10.1 Å². The lowest BCUT2D eigenvalue weighted by molar-refractivity contribution is -0.148. The number of amides is 1. The Hall–Kier alpha value is -1.95. The number of piperidine rings is 1. The number of nitrogens with zero attached hydrogens (tertiary/aromatic N) is 1. The van der Waals surface area contributed by atoms with Crippen LogP contribution in [0.15, 0.2) is 24.3 Å². The number of anilines is 1. The first kappa shape index (κ1) is 15.4. The maximum atomic E-state index is 12.8. The Morgan fingerprint density at radius 3 is 2.71 bits per heavy atom. The number of likely N-dealkylation sites (tertiary alicyclic amines) is 1. The summed E-state index contributed by atoms with van der Waals surface area (Å²) in [6, 6.07) is 5.21. The van der Waals surface area contributed by atoms with Crippen molar-refractivity contribution in [1.29, 1.82) is 0 Å². The van der Waals surface area contributed by atoms with Crippen LogP contribution in [0.4, 0.5) is 10.1 Å². The van der Waals surface area contributed by atoms with Crippen LogP contribution in [-0.4, -0.2) is 43.0 Å². The molecular weight excluding hydrogens is 275 g/mol. The topological polar surface area (TPSA) is 58.6 Å². The van der Waals surface area contributed by atoms with Gasteiger partial charge in [-0.2, -0.15) is 0 Å². The monoisotopic (exact) mass is 294 g/mol. The highest BCUT2D eigenvalue weighted by atomic mass is 19.1. The van der Waals surface area contributed by atoms with E-state index in [2.05, 4.69) is 5.32 Å². The molecule has 1 atom stereocenters. The SMILES string of the molecule is COC(=O)[C@H]1CCCCN1CC(=O)Nc1ccc(F)cc1. The van der Waals surface area contributed by atoms with Crippen molar-refractivity contribution in [2.24, 2.45) is 0 Å². The Morgan fingerprint density at radius 1 is 1.33 bits per heavy atom. The highest BCUT2D eigenvalue weighted by Crippen LogP contribution is 2.18. The van der Waals surface area contributed by atoms with Crippen molar-refractivity contribution in [3.8, 4) is 0 Å². The lowest BCUT2D eigenvalue weighted by Crippen LogP contribution is -2.48. The van der Waals surface area contributed by atoms with Gasteiger partial charge in [-0.15, -0.1) is 0 Å². The van der Waals surface area contributed by atoms with Crippen LogP contribution in [-0.2, 0) is 14.3 Å². The average Bonchev–Trinajstić information content (AvgIpc) is 2.49. The van der Waals surface area contributed by atoms with Crippen LogP contribution >= 0.6 is 0 Å². The highest BCUT2D eigenvalue weighted by molar-refractivity contribution is 5.92. The van der Waals surface area contributed by atoms with Gasteiger partial charge in [0.05, 0.1) is 13.7 Å². The van der Waals surface area contributed by atoms with Gasteiger partial charge in [0.25, 0.3) is 0 Å². The van der Waals surface area contributed by atoms with E-state index in [-0.39, 0.29) is 30.3 Å². The molecule has 0 radical (unpaired) electrons. The van der Waals surface area contributed by atoms with Crippen LogP contribution in [0.25, 0.3) is 0 Å². The van der Waals surface area contributed by atoms with Crippen LogP contribution in [0.5, 0.6) is 0 Å². The van der Waals surface area contributed by atoms with Gasteiger partial charge in [-0.25, -0.2) is 4.39 Å². The molecule has 1 N–H and O–H groups in total. The van der Waals surface area contributed by atoms with Crippen molar-refractivity contribution < 1.29 is 18.7 Å². The number of halogens is 1. The lowest BCUT2D eigenvalue weighted by Gasteiger charge is -2.32. The van der Waals surface area contributed by atoms with E-state index in [1.165, 1.54) is 31.4 Å². The molecule has 1 amide bonds. The molecule has 1 aliphatic rings. The maximum Gasteiger partial charge on any atom is 0.323 e. The third-order valence-corrected chi connectivity index (χ3v) is 3.56. The molecule has 1 aromatic rings. The standard InChI is InChI=1S/C15H19FN2O3/c1-21-15(20)13-4-2-3-9-18(13)10-14(19)17-12-7-5-11(16)6-8-12/h5-8,13H,2-4,9-10H2,1H3,(H,17,19)/t13-/m1/s1. The third kappa shape index (κ3) is 4.26. The summed E-state index contributed by atoms with van der Waals surface area (Å²) >= 11 is 0. The zero-order valence-corrected chi connectivity index (χ0v) is 12.0.